The van der Waals surface area contributed by atoms with Crippen molar-refractivity contribution in [2.75, 3.05) is 26.2 Å². The van der Waals surface area contributed by atoms with E-state index in [1.54, 1.807) is 27.9 Å². The molecular weight excluding hydrogens is 596 g/mol. The fourth-order valence-electron chi connectivity index (χ4n) is 5.00. The standard InChI is InChI=1S/C28H30N6O9S/c1-19-15-30(11-12-31(19)26(10-13-35)29-43-18-21-4-8-23(9-5-21)34(40)41)27(36)25-14-24(44)16-32(25)28(37)42-17-20-2-6-22(7-3-20)33(38)39/h2-10,19,24-25,44H,11-12,14-18H2,1H3/t19-,24-,25-/m0/s1. The molecule has 0 N–H and O–H groups in total. The Labute approximate surface area is 257 Å². The van der Waals surface area contributed by atoms with E-state index in [-0.39, 0.29) is 67.3 Å². The number of ether oxygens (including phenoxy) is 1. The lowest BCUT2D eigenvalue weighted by molar-refractivity contribution is -0.385. The summed E-state index contributed by atoms with van der Waals surface area (Å²) in [4.78, 5) is 68.6. The van der Waals surface area contributed by atoms with Gasteiger partial charge in [0.15, 0.2) is 5.84 Å². The number of carbonyl (C=O) groups is 2. The Morgan fingerprint density at radius 1 is 0.977 bits per heavy atom. The van der Waals surface area contributed by atoms with Crippen molar-refractivity contribution >= 4 is 47.8 Å². The minimum absolute atomic E-state index is 0.0176. The van der Waals surface area contributed by atoms with Crippen molar-refractivity contribution in [2.24, 2.45) is 5.16 Å². The third-order valence-corrected chi connectivity index (χ3v) is 7.64. The molecule has 2 aliphatic heterocycles. The van der Waals surface area contributed by atoms with Gasteiger partial charge in [0.1, 0.15) is 25.2 Å². The first-order valence-corrected chi connectivity index (χ1v) is 14.1. The first-order chi connectivity index (χ1) is 21.1. The summed E-state index contributed by atoms with van der Waals surface area (Å²) >= 11 is 4.50. The summed E-state index contributed by atoms with van der Waals surface area (Å²) in [6.45, 7) is 2.89. The molecule has 2 saturated heterocycles. The van der Waals surface area contributed by atoms with Crippen molar-refractivity contribution in [2.45, 2.75) is 43.9 Å². The fraction of sp³-hybridized carbons (Fsp3) is 0.393. The van der Waals surface area contributed by atoms with Gasteiger partial charge in [0.05, 0.1) is 15.9 Å². The van der Waals surface area contributed by atoms with Gasteiger partial charge in [-0.2, -0.15) is 12.6 Å². The molecule has 2 aliphatic rings. The van der Waals surface area contributed by atoms with Crippen LogP contribution < -0.4 is 0 Å². The van der Waals surface area contributed by atoms with Crippen LogP contribution in [0.25, 0.3) is 0 Å². The zero-order valence-corrected chi connectivity index (χ0v) is 24.6. The number of likely N-dealkylation sites (tertiary alicyclic amines) is 1. The number of non-ortho nitro benzene ring substituents is 2. The minimum atomic E-state index is -0.770. The average Bonchev–Trinajstić information content (AvgIpc) is 3.41. The summed E-state index contributed by atoms with van der Waals surface area (Å²) in [6, 6.07) is 10.4. The summed E-state index contributed by atoms with van der Waals surface area (Å²) in [5.41, 5.74) is 1.09. The third kappa shape index (κ3) is 7.90. The molecule has 2 amide bonds. The summed E-state index contributed by atoms with van der Waals surface area (Å²) in [7, 11) is 0. The Morgan fingerprint density at radius 2 is 1.57 bits per heavy atom. The smallest absolute Gasteiger partial charge is 0.410 e. The predicted octanol–water partition coefficient (Wildman–Crippen LogP) is 2.96. The molecule has 0 spiro atoms. The highest BCUT2D eigenvalue weighted by molar-refractivity contribution is 7.81. The number of rotatable bonds is 9. The van der Waals surface area contributed by atoms with Gasteiger partial charge in [0, 0.05) is 61.7 Å². The Kier molecular flexibility index (Phi) is 10.5. The van der Waals surface area contributed by atoms with Crippen molar-refractivity contribution in [3.05, 3.63) is 86.0 Å². The van der Waals surface area contributed by atoms with Crippen LogP contribution >= 0.6 is 12.6 Å². The maximum atomic E-state index is 13.6. The molecule has 3 atom stereocenters. The second kappa shape index (κ2) is 14.5. The van der Waals surface area contributed by atoms with Gasteiger partial charge in [-0.25, -0.2) is 9.59 Å². The van der Waals surface area contributed by atoms with E-state index in [0.717, 1.165) is 6.08 Å². The van der Waals surface area contributed by atoms with Crippen molar-refractivity contribution in [1.82, 2.24) is 14.7 Å². The molecule has 232 valence electrons. The summed E-state index contributed by atoms with van der Waals surface area (Å²) in [6.07, 6.45) is 0.801. The van der Waals surface area contributed by atoms with Crippen LogP contribution in [-0.4, -0.2) is 91.8 Å². The van der Waals surface area contributed by atoms with Gasteiger partial charge in [0.2, 0.25) is 5.91 Å². The molecule has 0 saturated carbocycles. The van der Waals surface area contributed by atoms with Crippen molar-refractivity contribution < 1.29 is 33.8 Å². The molecule has 44 heavy (non-hydrogen) atoms. The molecule has 0 bridgehead atoms. The largest absolute Gasteiger partial charge is 0.445 e. The van der Waals surface area contributed by atoms with E-state index in [9.17, 15) is 34.6 Å². The third-order valence-electron chi connectivity index (χ3n) is 7.27. The number of oxime groups is 1. The maximum absolute atomic E-state index is 13.6. The Bertz CT molecular complexity index is 1460. The van der Waals surface area contributed by atoms with Crippen LogP contribution in [0.4, 0.5) is 16.2 Å². The van der Waals surface area contributed by atoms with E-state index in [1.807, 2.05) is 6.92 Å². The number of piperazine rings is 1. The number of hydrogen-bond acceptors (Lipinski definition) is 11. The van der Waals surface area contributed by atoms with Crippen molar-refractivity contribution in [3.8, 4) is 0 Å². The van der Waals surface area contributed by atoms with E-state index in [4.69, 9.17) is 9.57 Å². The molecule has 15 nitrogen and oxygen atoms in total. The average molecular weight is 627 g/mol. The van der Waals surface area contributed by atoms with Gasteiger partial charge >= 0.3 is 6.09 Å². The van der Waals surface area contributed by atoms with Gasteiger partial charge < -0.3 is 19.4 Å². The van der Waals surface area contributed by atoms with Crippen LogP contribution in [0.3, 0.4) is 0 Å². The minimum Gasteiger partial charge on any atom is -0.445 e. The number of nitro groups is 2. The molecule has 0 aliphatic carbocycles. The molecule has 2 aromatic carbocycles. The number of benzene rings is 2. The summed E-state index contributed by atoms with van der Waals surface area (Å²) in [5.74, 6) is 1.67. The van der Waals surface area contributed by atoms with Gasteiger partial charge in [-0.15, -0.1) is 0 Å². The quantitative estimate of drug-likeness (QED) is 0.109. The lowest BCUT2D eigenvalue weighted by Gasteiger charge is -2.41. The number of nitrogens with zero attached hydrogens (tertiary/aromatic N) is 6. The highest BCUT2D eigenvalue weighted by Gasteiger charge is 2.42. The number of carbonyl (C=O) groups excluding carboxylic acids is 3. The fourth-order valence-corrected chi connectivity index (χ4v) is 5.38. The zero-order chi connectivity index (χ0) is 31.8. The zero-order valence-electron chi connectivity index (χ0n) is 23.7. The van der Waals surface area contributed by atoms with Crippen LogP contribution in [0, 0.1) is 20.2 Å². The Morgan fingerprint density at radius 3 is 2.11 bits per heavy atom. The van der Waals surface area contributed by atoms with Crippen LogP contribution in [0.5, 0.6) is 0 Å². The van der Waals surface area contributed by atoms with E-state index in [2.05, 4.69) is 17.8 Å². The van der Waals surface area contributed by atoms with Crippen molar-refractivity contribution in [1.29, 1.82) is 0 Å². The molecular formula is C28H30N6O9S. The molecule has 2 aromatic rings. The molecule has 2 heterocycles. The molecule has 4 rings (SSSR count). The number of thiol groups is 1. The Balaban J connectivity index is 1.34. The van der Waals surface area contributed by atoms with Crippen LogP contribution in [0.2, 0.25) is 0 Å². The second-order valence-corrected chi connectivity index (χ2v) is 11.0. The Hall–Kier alpha value is -4.95. The predicted molar refractivity (Wildman–Crippen MR) is 159 cm³/mol. The molecule has 0 aromatic heterocycles. The summed E-state index contributed by atoms with van der Waals surface area (Å²) < 4.78 is 5.41. The van der Waals surface area contributed by atoms with Gasteiger partial charge in [0.25, 0.3) is 11.4 Å². The van der Waals surface area contributed by atoms with E-state index >= 15 is 0 Å². The number of nitro benzene ring substituents is 2. The van der Waals surface area contributed by atoms with E-state index in [0.29, 0.717) is 24.1 Å². The van der Waals surface area contributed by atoms with Crippen molar-refractivity contribution in [3.63, 3.8) is 0 Å². The van der Waals surface area contributed by atoms with Gasteiger partial charge in [-0.1, -0.05) is 5.16 Å². The van der Waals surface area contributed by atoms with Crippen LogP contribution in [0.15, 0.2) is 59.8 Å². The first-order valence-electron chi connectivity index (χ1n) is 13.6. The highest BCUT2D eigenvalue weighted by atomic mass is 32.1. The lowest BCUT2D eigenvalue weighted by atomic mass is 10.1. The normalized spacial score (nSPS) is 20.1. The number of amides is 2. The summed E-state index contributed by atoms with van der Waals surface area (Å²) in [5, 5.41) is 25.5. The van der Waals surface area contributed by atoms with Crippen LogP contribution in [0.1, 0.15) is 24.5 Å². The molecule has 0 radical (unpaired) electrons. The van der Waals surface area contributed by atoms with E-state index in [1.165, 1.54) is 41.3 Å². The maximum Gasteiger partial charge on any atom is 0.410 e. The van der Waals surface area contributed by atoms with E-state index < -0.39 is 22.0 Å². The molecule has 0 unspecified atom stereocenters. The van der Waals surface area contributed by atoms with Gasteiger partial charge in [-0.3, -0.25) is 29.9 Å². The number of amidine groups is 1. The van der Waals surface area contributed by atoms with Crippen LogP contribution in [-0.2, 0) is 32.4 Å². The SMILES string of the molecule is C[C@H]1CN(C(=O)[C@@H]2C[C@H](S)CN2C(=O)OCc2ccc([N+](=O)[O-])cc2)CCN1C(C=C=O)=NOCc1ccc([N+](=O)[O-])cc1. The second-order valence-electron chi connectivity index (χ2n) is 10.3. The number of hydrogen-bond donors (Lipinski definition) is 1. The first kappa shape index (κ1) is 32.0. The highest BCUT2D eigenvalue weighted by Crippen LogP contribution is 2.26. The monoisotopic (exact) mass is 626 g/mol. The lowest BCUT2D eigenvalue weighted by Crippen LogP contribution is -2.58. The van der Waals surface area contributed by atoms with Gasteiger partial charge in [-0.05, 0) is 48.7 Å². The molecule has 2 fully saturated rings. The molecule has 16 heteroatoms. The topological polar surface area (TPSA) is 178 Å².